The first-order chi connectivity index (χ1) is 22.3. The number of rotatable bonds is 6. The molecule has 0 radical (unpaired) electrons. The number of hydrogen-bond donors (Lipinski definition) is 0. The Labute approximate surface area is 261 Å². The Kier molecular flexibility index (Phi) is 6.69. The third-order valence-corrected chi connectivity index (χ3v) is 8.43. The molecular formula is C42H29FN2. The van der Waals surface area contributed by atoms with Crippen LogP contribution in [0.3, 0.4) is 0 Å². The van der Waals surface area contributed by atoms with Gasteiger partial charge in [-0.2, -0.15) is 0 Å². The lowest BCUT2D eigenvalue weighted by Gasteiger charge is -2.29. The zero-order valence-corrected chi connectivity index (χ0v) is 24.5. The highest BCUT2D eigenvalue weighted by Gasteiger charge is 2.22. The van der Waals surface area contributed by atoms with Gasteiger partial charge in [0, 0.05) is 33.5 Å². The summed E-state index contributed by atoms with van der Waals surface area (Å²) in [7, 11) is 0. The van der Waals surface area contributed by atoms with Crippen molar-refractivity contribution < 1.29 is 4.39 Å². The van der Waals surface area contributed by atoms with Crippen LogP contribution < -0.4 is 9.80 Å². The monoisotopic (exact) mass is 580 g/mol. The molecule has 3 heteroatoms. The van der Waals surface area contributed by atoms with Gasteiger partial charge in [0.25, 0.3) is 0 Å². The molecule has 0 aliphatic carbocycles. The molecule has 0 saturated heterocycles. The second-order valence-electron chi connectivity index (χ2n) is 11.1. The largest absolute Gasteiger partial charge is 0.310 e. The molecular weight excluding hydrogens is 551 g/mol. The number of hydrogen-bond acceptors (Lipinski definition) is 2. The fourth-order valence-corrected chi connectivity index (χ4v) is 6.47. The summed E-state index contributed by atoms with van der Waals surface area (Å²) in [6.45, 7) is 0. The number of benzene rings is 8. The number of fused-ring (bicyclic) bond motifs is 5. The second-order valence-corrected chi connectivity index (χ2v) is 11.1. The van der Waals surface area contributed by atoms with E-state index in [4.69, 9.17) is 0 Å². The minimum absolute atomic E-state index is 0.260. The van der Waals surface area contributed by atoms with Gasteiger partial charge in [-0.1, -0.05) is 97.1 Å². The molecule has 0 aliphatic heterocycles. The lowest BCUT2D eigenvalue weighted by molar-refractivity contribution is 0.630. The van der Waals surface area contributed by atoms with Crippen LogP contribution >= 0.6 is 0 Å². The molecule has 0 saturated carbocycles. The van der Waals surface area contributed by atoms with Crippen molar-refractivity contribution in [2.75, 3.05) is 9.80 Å². The maximum atomic E-state index is 15.2. The Morgan fingerprint density at radius 1 is 0.289 bits per heavy atom. The van der Waals surface area contributed by atoms with Crippen molar-refractivity contribution in [3.63, 3.8) is 0 Å². The van der Waals surface area contributed by atoms with Crippen LogP contribution in [0.25, 0.3) is 32.3 Å². The fourth-order valence-electron chi connectivity index (χ4n) is 6.47. The van der Waals surface area contributed by atoms with Gasteiger partial charge in [-0.05, 0) is 100 Å². The maximum Gasteiger partial charge on any atom is 0.123 e. The summed E-state index contributed by atoms with van der Waals surface area (Å²) in [4.78, 5) is 4.56. The molecule has 0 aromatic heterocycles. The van der Waals surface area contributed by atoms with Crippen molar-refractivity contribution in [2.45, 2.75) is 0 Å². The summed E-state index contributed by atoms with van der Waals surface area (Å²) < 4.78 is 15.2. The van der Waals surface area contributed by atoms with Crippen molar-refractivity contribution in [2.24, 2.45) is 0 Å². The summed E-state index contributed by atoms with van der Waals surface area (Å²) in [5, 5.41) is 6.14. The third kappa shape index (κ3) is 4.75. The van der Waals surface area contributed by atoms with E-state index < -0.39 is 0 Å². The predicted octanol–water partition coefficient (Wildman–Crippen LogP) is 12.2. The molecule has 0 amide bonds. The number of halogens is 1. The minimum atomic E-state index is -0.260. The van der Waals surface area contributed by atoms with Crippen molar-refractivity contribution in [3.8, 4) is 0 Å². The number of anilines is 6. The molecule has 8 aromatic carbocycles. The van der Waals surface area contributed by atoms with Crippen LogP contribution in [-0.4, -0.2) is 0 Å². The molecule has 0 N–H and O–H groups in total. The lowest BCUT2D eigenvalue weighted by Crippen LogP contribution is -2.11. The average Bonchev–Trinajstić information content (AvgIpc) is 3.11. The Bertz CT molecular complexity index is 2190. The molecule has 0 aliphatic rings. The smallest absolute Gasteiger partial charge is 0.123 e. The maximum absolute atomic E-state index is 15.2. The summed E-state index contributed by atoms with van der Waals surface area (Å²) >= 11 is 0. The van der Waals surface area contributed by atoms with Crippen LogP contribution in [0.1, 0.15) is 0 Å². The van der Waals surface area contributed by atoms with Gasteiger partial charge in [0.05, 0.1) is 11.4 Å². The Morgan fingerprint density at radius 2 is 0.622 bits per heavy atom. The predicted molar refractivity (Wildman–Crippen MR) is 188 cm³/mol. The SMILES string of the molecule is Fc1ccc2c(N(c3ccccc3)c3ccccc3)cc3c4ccccc4c(N(c4ccccc4)c4ccccc4)cc3c2c1. The van der Waals surface area contributed by atoms with Gasteiger partial charge >= 0.3 is 0 Å². The summed E-state index contributed by atoms with van der Waals surface area (Å²) in [6, 6.07) is 59.8. The first-order valence-electron chi connectivity index (χ1n) is 15.1. The van der Waals surface area contributed by atoms with Gasteiger partial charge in [0.2, 0.25) is 0 Å². The molecule has 2 nitrogen and oxygen atoms in total. The molecule has 214 valence electrons. The molecule has 8 rings (SSSR count). The first kappa shape index (κ1) is 26.7. The molecule has 8 aromatic rings. The first-order valence-corrected chi connectivity index (χ1v) is 15.1. The van der Waals surface area contributed by atoms with E-state index in [2.05, 4.69) is 143 Å². The summed E-state index contributed by atoms with van der Waals surface area (Å²) in [6.07, 6.45) is 0. The van der Waals surface area contributed by atoms with E-state index in [0.717, 1.165) is 66.4 Å². The van der Waals surface area contributed by atoms with E-state index in [-0.39, 0.29) is 5.82 Å². The molecule has 0 bridgehead atoms. The van der Waals surface area contributed by atoms with Crippen molar-refractivity contribution >= 4 is 66.4 Å². The average molecular weight is 581 g/mol. The van der Waals surface area contributed by atoms with Gasteiger partial charge in [-0.25, -0.2) is 4.39 Å². The zero-order valence-electron chi connectivity index (χ0n) is 24.5. The molecule has 0 spiro atoms. The van der Waals surface area contributed by atoms with Gasteiger partial charge in [-0.15, -0.1) is 0 Å². The summed E-state index contributed by atoms with van der Waals surface area (Å²) in [5.41, 5.74) is 6.22. The van der Waals surface area contributed by atoms with Crippen molar-refractivity contribution in [3.05, 3.63) is 182 Å². The van der Waals surface area contributed by atoms with Gasteiger partial charge < -0.3 is 9.80 Å². The quantitative estimate of drug-likeness (QED) is 0.181. The van der Waals surface area contributed by atoms with Crippen LogP contribution in [0.15, 0.2) is 176 Å². The highest BCUT2D eigenvalue weighted by atomic mass is 19.1. The van der Waals surface area contributed by atoms with Gasteiger partial charge in [0.1, 0.15) is 5.82 Å². The fraction of sp³-hybridized carbons (Fsp3) is 0. The van der Waals surface area contributed by atoms with E-state index in [1.807, 2.05) is 30.3 Å². The zero-order chi connectivity index (χ0) is 30.2. The van der Waals surface area contributed by atoms with Crippen LogP contribution in [0.2, 0.25) is 0 Å². The lowest BCUT2D eigenvalue weighted by atomic mass is 9.93. The van der Waals surface area contributed by atoms with Crippen LogP contribution in [0.5, 0.6) is 0 Å². The molecule has 45 heavy (non-hydrogen) atoms. The molecule has 0 heterocycles. The van der Waals surface area contributed by atoms with E-state index in [1.165, 1.54) is 0 Å². The van der Waals surface area contributed by atoms with Crippen LogP contribution in [-0.2, 0) is 0 Å². The van der Waals surface area contributed by atoms with Gasteiger partial charge in [-0.3, -0.25) is 0 Å². The van der Waals surface area contributed by atoms with Crippen LogP contribution in [0.4, 0.5) is 38.5 Å². The minimum Gasteiger partial charge on any atom is -0.310 e. The third-order valence-electron chi connectivity index (χ3n) is 8.43. The topological polar surface area (TPSA) is 6.48 Å². The van der Waals surface area contributed by atoms with Crippen molar-refractivity contribution in [1.29, 1.82) is 0 Å². The van der Waals surface area contributed by atoms with Crippen LogP contribution in [0, 0.1) is 5.82 Å². The highest BCUT2D eigenvalue weighted by Crippen LogP contribution is 2.47. The second kappa shape index (κ2) is 11.3. The standard InChI is InChI=1S/C42H29FN2/c43-30-25-26-37-38(27-30)40-29-41(44(31-15-5-1-6-16-31)32-17-7-2-8-18-32)36-24-14-13-23-35(36)39(40)28-42(37)45(33-19-9-3-10-20-33)34-21-11-4-12-22-34/h1-29H. The number of nitrogens with zero attached hydrogens (tertiary/aromatic N) is 2. The van der Waals surface area contributed by atoms with E-state index in [1.54, 1.807) is 12.1 Å². The number of para-hydroxylation sites is 4. The van der Waals surface area contributed by atoms with E-state index in [0.29, 0.717) is 0 Å². The Morgan fingerprint density at radius 3 is 1.07 bits per heavy atom. The molecule has 0 atom stereocenters. The Hall–Kier alpha value is -5.93. The van der Waals surface area contributed by atoms with E-state index in [9.17, 15) is 0 Å². The summed E-state index contributed by atoms with van der Waals surface area (Å²) in [5.74, 6) is -0.260. The molecule has 0 fully saturated rings. The Balaban J connectivity index is 1.49. The highest BCUT2D eigenvalue weighted by molar-refractivity contribution is 6.24. The molecule has 0 unspecified atom stereocenters. The van der Waals surface area contributed by atoms with E-state index >= 15 is 4.39 Å². The van der Waals surface area contributed by atoms with Crippen molar-refractivity contribution in [1.82, 2.24) is 0 Å². The normalized spacial score (nSPS) is 11.2. The van der Waals surface area contributed by atoms with Gasteiger partial charge in [0.15, 0.2) is 0 Å².